The van der Waals surface area contributed by atoms with E-state index in [1.54, 1.807) is 0 Å². The second-order valence-electron chi connectivity index (χ2n) is 3.36. The van der Waals surface area contributed by atoms with Crippen LogP contribution in [0.15, 0.2) is 24.3 Å². The summed E-state index contributed by atoms with van der Waals surface area (Å²) < 4.78 is 0. The Kier molecular flexibility index (Phi) is 4.59. The van der Waals surface area contributed by atoms with E-state index in [1.165, 1.54) is 0 Å². The summed E-state index contributed by atoms with van der Waals surface area (Å²) in [6.07, 6.45) is 0.898. The van der Waals surface area contributed by atoms with E-state index in [2.05, 4.69) is 5.32 Å². The molecule has 1 atom stereocenters. The van der Waals surface area contributed by atoms with Gasteiger partial charge < -0.3 is 11.1 Å². The summed E-state index contributed by atoms with van der Waals surface area (Å²) >= 11 is 5.79. The molecule has 0 aromatic heterocycles. The van der Waals surface area contributed by atoms with Crippen LogP contribution in [0, 0.1) is 0 Å². The van der Waals surface area contributed by atoms with Crippen molar-refractivity contribution < 1.29 is 4.79 Å². The van der Waals surface area contributed by atoms with Gasteiger partial charge in [-0.3, -0.25) is 4.79 Å². The van der Waals surface area contributed by atoms with Crippen molar-refractivity contribution >= 4 is 17.5 Å². The summed E-state index contributed by atoms with van der Waals surface area (Å²) in [7, 11) is 0. The highest BCUT2D eigenvalue weighted by atomic mass is 35.5. The highest BCUT2D eigenvalue weighted by Crippen LogP contribution is 2.18. The van der Waals surface area contributed by atoms with Crippen LogP contribution in [0.3, 0.4) is 0 Å². The minimum atomic E-state index is -0.345. The van der Waals surface area contributed by atoms with Crippen LogP contribution in [-0.2, 0) is 4.79 Å². The largest absolute Gasteiger partial charge is 0.369 e. The van der Waals surface area contributed by atoms with Gasteiger partial charge in [-0.2, -0.15) is 0 Å². The van der Waals surface area contributed by atoms with Crippen LogP contribution in [0.5, 0.6) is 0 Å². The molecule has 0 aliphatic heterocycles. The number of hydrogen-bond acceptors (Lipinski definition) is 2. The van der Waals surface area contributed by atoms with Crippen molar-refractivity contribution in [3.63, 3.8) is 0 Å². The van der Waals surface area contributed by atoms with Crippen molar-refractivity contribution in [3.05, 3.63) is 34.9 Å². The maximum Gasteiger partial charge on any atom is 0.231 e. The van der Waals surface area contributed by atoms with Crippen LogP contribution in [0.1, 0.15) is 24.9 Å². The molecule has 0 saturated heterocycles. The Bertz CT molecular complexity index is 324. The SMILES string of the molecule is CC[C@@H](NCC(N)=O)c1ccc(Cl)cc1. The lowest BCUT2D eigenvalue weighted by Crippen LogP contribution is -2.31. The molecule has 3 nitrogen and oxygen atoms in total. The number of benzene rings is 1. The van der Waals surface area contributed by atoms with Crippen LogP contribution in [0.25, 0.3) is 0 Å². The molecule has 1 aromatic rings. The topological polar surface area (TPSA) is 55.1 Å². The van der Waals surface area contributed by atoms with E-state index in [9.17, 15) is 4.79 Å². The van der Waals surface area contributed by atoms with E-state index < -0.39 is 0 Å². The number of nitrogens with two attached hydrogens (primary N) is 1. The second-order valence-corrected chi connectivity index (χ2v) is 3.80. The third kappa shape index (κ3) is 3.90. The average molecular weight is 227 g/mol. The molecule has 4 heteroatoms. The number of nitrogens with one attached hydrogen (secondary N) is 1. The molecule has 0 aliphatic rings. The van der Waals surface area contributed by atoms with E-state index in [1.807, 2.05) is 31.2 Å². The van der Waals surface area contributed by atoms with Crippen LogP contribution < -0.4 is 11.1 Å². The average Bonchev–Trinajstić information content (AvgIpc) is 2.21. The zero-order chi connectivity index (χ0) is 11.3. The molecule has 0 saturated carbocycles. The number of amides is 1. The Morgan fingerprint density at radius 1 is 1.47 bits per heavy atom. The Balaban J connectivity index is 2.65. The number of hydrogen-bond donors (Lipinski definition) is 2. The fourth-order valence-electron chi connectivity index (χ4n) is 1.42. The molecule has 0 spiro atoms. The molecule has 0 heterocycles. The highest BCUT2D eigenvalue weighted by Gasteiger charge is 2.08. The van der Waals surface area contributed by atoms with Crippen LogP contribution in [0.4, 0.5) is 0 Å². The summed E-state index contributed by atoms with van der Waals surface area (Å²) in [5.41, 5.74) is 6.19. The predicted molar refractivity (Wildman–Crippen MR) is 61.7 cm³/mol. The molecular weight excluding hydrogens is 212 g/mol. The normalized spacial score (nSPS) is 12.4. The first kappa shape index (κ1) is 12.0. The lowest BCUT2D eigenvalue weighted by Gasteiger charge is -2.16. The summed E-state index contributed by atoms with van der Waals surface area (Å²) in [6.45, 7) is 2.24. The van der Waals surface area contributed by atoms with E-state index in [0.717, 1.165) is 12.0 Å². The maximum absolute atomic E-state index is 10.6. The smallest absolute Gasteiger partial charge is 0.231 e. The Hall–Kier alpha value is -1.06. The first-order valence-electron chi connectivity index (χ1n) is 4.90. The van der Waals surface area contributed by atoms with Gasteiger partial charge in [0.25, 0.3) is 0 Å². The zero-order valence-electron chi connectivity index (χ0n) is 8.66. The molecule has 1 amide bonds. The lowest BCUT2D eigenvalue weighted by atomic mass is 10.0. The van der Waals surface area contributed by atoms with Gasteiger partial charge in [0.15, 0.2) is 0 Å². The first-order chi connectivity index (χ1) is 7.13. The summed E-state index contributed by atoms with van der Waals surface area (Å²) in [5.74, 6) is -0.345. The fraction of sp³-hybridized carbons (Fsp3) is 0.364. The number of carbonyl (C=O) groups is 1. The second kappa shape index (κ2) is 5.73. The van der Waals surface area contributed by atoms with Crippen LogP contribution in [-0.4, -0.2) is 12.5 Å². The number of halogens is 1. The van der Waals surface area contributed by atoms with Crippen LogP contribution >= 0.6 is 11.6 Å². The van der Waals surface area contributed by atoms with Crippen molar-refractivity contribution in [1.29, 1.82) is 0 Å². The Labute approximate surface area is 94.6 Å². The van der Waals surface area contributed by atoms with Crippen molar-refractivity contribution in [1.82, 2.24) is 5.32 Å². The van der Waals surface area contributed by atoms with E-state index in [4.69, 9.17) is 17.3 Å². The standard InChI is InChI=1S/C11H15ClN2O/c1-2-10(14-7-11(13)15)8-3-5-9(12)6-4-8/h3-6,10,14H,2,7H2,1H3,(H2,13,15)/t10-/m1/s1. The van der Waals surface area contributed by atoms with Gasteiger partial charge in [0.2, 0.25) is 5.91 Å². The van der Waals surface area contributed by atoms with Gasteiger partial charge >= 0.3 is 0 Å². The van der Waals surface area contributed by atoms with Gasteiger partial charge in [0.05, 0.1) is 6.54 Å². The molecule has 0 aliphatic carbocycles. The van der Waals surface area contributed by atoms with E-state index >= 15 is 0 Å². The van der Waals surface area contributed by atoms with Gasteiger partial charge in [-0.1, -0.05) is 30.7 Å². The Morgan fingerprint density at radius 3 is 2.53 bits per heavy atom. The van der Waals surface area contributed by atoms with E-state index in [-0.39, 0.29) is 18.5 Å². The van der Waals surface area contributed by atoms with E-state index in [0.29, 0.717) is 5.02 Å². The highest BCUT2D eigenvalue weighted by molar-refractivity contribution is 6.30. The molecule has 3 N–H and O–H groups in total. The van der Waals surface area contributed by atoms with Crippen LogP contribution in [0.2, 0.25) is 5.02 Å². The minimum Gasteiger partial charge on any atom is -0.369 e. The number of rotatable bonds is 5. The fourth-order valence-corrected chi connectivity index (χ4v) is 1.54. The molecular formula is C11H15ClN2O. The quantitative estimate of drug-likeness (QED) is 0.806. The monoisotopic (exact) mass is 226 g/mol. The van der Waals surface area contributed by atoms with Crippen molar-refractivity contribution in [2.75, 3.05) is 6.54 Å². The first-order valence-corrected chi connectivity index (χ1v) is 5.28. The molecule has 1 aromatic carbocycles. The van der Waals surface area contributed by atoms with Gasteiger partial charge in [-0.25, -0.2) is 0 Å². The summed E-state index contributed by atoms with van der Waals surface area (Å²) in [6, 6.07) is 7.72. The predicted octanol–water partition coefficient (Wildman–Crippen LogP) is 1.87. The third-order valence-electron chi connectivity index (χ3n) is 2.20. The zero-order valence-corrected chi connectivity index (χ0v) is 9.42. The summed E-state index contributed by atoms with van der Waals surface area (Å²) in [4.78, 5) is 10.6. The van der Waals surface area contributed by atoms with Crippen molar-refractivity contribution in [2.45, 2.75) is 19.4 Å². The van der Waals surface area contributed by atoms with Gasteiger partial charge in [0.1, 0.15) is 0 Å². The summed E-state index contributed by atoms with van der Waals surface area (Å²) in [5, 5.41) is 3.80. The third-order valence-corrected chi connectivity index (χ3v) is 2.46. The Morgan fingerprint density at radius 2 is 2.07 bits per heavy atom. The molecule has 82 valence electrons. The molecule has 1 rings (SSSR count). The molecule has 15 heavy (non-hydrogen) atoms. The van der Waals surface area contributed by atoms with Gasteiger partial charge in [-0.05, 0) is 24.1 Å². The minimum absolute atomic E-state index is 0.148. The number of primary amides is 1. The molecule has 0 radical (unpaired) electrons. The molecule has 0 bridgehead atoms. The lowest BCUT2D eigenvalue weighted by molar-refractivity contribution is -0.117. The van der Waals surface area contributed by atoms with Gasteiger partial charge in [-0.15, -0.1) is 0 Å². The number of carbonyl (C=O) groups excluding carboxylic acids is 1. The van der Waals surface area contributed by atoms with Gasteiger partial charge in [0, 0.05) is 11.1 Å². The maximum atomic E-state index is 10.6. The van der Waals surface area contributed by atoms with Crippen molar-refractivity contribution in [2.24, 2.45) is 5.73 Å². The van der Waals surface area contributed by atoms with Crippen molar-refractivity contribution in [3.8, 4) is 0 Å². The molecule has 0 unspecified atom stereocenters. The molecule has 0 fully saturated rings.